The lowest BCUT2D eigenvalue weighted by atomic mass is 10.1. The Kier molecular flexibility index (Phi) is 2.41. The molecular weight excluding hydrogens is 279 g/mol. The lowest BCUT2D eigenvalue weighted by Crippen LogP contribution is -2.43. The Morgan fingerprint density at radius 3 is 2.20 bits per heavy atom. The average Bonchev–Trinajstić information content (AvgIpc) is 3.03. The summed E-state index contributed by atoms with van der Waals surface area (Å²) in [4.78, 5) is 1.92. The van der Waals surface area contributed by atoms with Crippen LogP contribution in [0.4, 0.5) is 0 Å². The molecule has 0 saturated heterocycles. The van der Waals surface area contributed by atoms with Gasteiger partial charge in [-0.3, -0.25) is 0 Å². The van der Waals surface area contributed by atoms with Gasteiger partial charge in [0.1, 0.15) is 4.61 Å². The van der Waals surface area contributed by atoms with E-state index in [0.717, 1.165) is 16.4 Å². The van der Waals surface area contributed by atoms with Crippen LogP contribution in [0, 0.1) is 11.8 Å². The molecule has 0 aromatic heterocycles. The summed E-state index contributed by atoms with van der Waals surface area (Å²) in [6, 6.07) is 0.418. The highest BCUT2D eigenvalue weighted by atomic mass is 79.9. The second-order valence-electron chi connectivity index (χ2n) is 4.70. The number of nitrogens with zero attached hydrogens (tertiary/aromatic N) is 2. The summed E-state index contributed by atoms with van der Waals surface area (Å²) >= 11 is 9.26. The highest BCUT2D eigenvalue weighted by Gasteiger charge is 2.49. The first-order chi connectivity index (χ1) is 7.18. The molecule has 2 aliphatic carbocycles. The topological polar surface area (TPSA) is 26.4 Å². The molecule has 0 N–H and O–H groups in total. The van der Waals surface area contributed by atoms with Gasteiger partial charge in [0, 0.05) is 17.8 Å². The maximum Gasteiger partial charge on any atom is 0.256 e. The number of hydrogen-bond donors (Lipinski definition) is 0. The van der Waals surface area contributed by atoms with E-state index in [1.165, 1.54) is 30.1 Å². The molecule has 83 valence electrons. The Morgan fingerprint density at radius 2 is 1.87 bits per heavy atom. The highest BCUT2D eigenvalue weighted by molar-refractivity contribution is 9.11. The van der Waals surface area contributed by atoms with Crippen LogP contribution in [-0.4, -0.2) is 21.7 Å². The summed E-state index contributed by atoms with van der Waals surface area (Å²) in [7, 11) is 0. The van der Waals surface area contributed by atoms with Crippen molar-refractivity contribution in [1.82, 2.24) is 9.32 Å². The third kappa shape index (κ3) is 1.77. The second-order valence-corrected chi connectivity index (χ2v) is 5.90. The zero-order valence-electron chi connectivity index (χ0n) is 8.27. The Hall–Kier alpha value is 0.0700. The van der Waals surface area contributed by atoms with Crippen LogP contribution in [0.25, 0.3) is 0 Å². The van der Waals surface area contributed by atoms with E-state index in [9.17, 15) is 5.11 Å². The smallest absolute Gasteiger partial charge is 0.256 e. The highest BCUT2D eigenvalue weighted by Crippen LogP contribution is 2.50. The van der Waals surface area contributed by atoms with Crippen LogP contribution in [0.1, 0.15) is 25.7 Å². The molecule has 15 heavy (non-hydrogen) atoms. The monoisotopic (exact) mass is 291 g/mol. The predicted molar refractivity (Wildman–Crippen MR) is 60.3 cm³/mol. The van der Waals surface area contributed by atoms with Gasteiger partial charge >= 0.3 is 0 Å². The van der Waals surface area contributed by atoms with Gasteiger partial charge < -0.3 is 4.90 Å². The van der Waals surface area contributed by atoms with Crippen LogP contribution in [0.3, 0.4) is 0 Å². The van der Waals surface area contributed by atoms with E-state index in [4.69, 9.17) is 11.8 Å². The molecule has 1 heterocycles. The van der Waals surface area contributed by atoms with Crippen molar-refractivity contribution < 1.29 is 5.11 Å². The lowest BCUT2D eigenvalue weighted by molar-refractivity contribution is -0.0900. The van der Waals surface area contributed by atoms with Crippen LogP contribution in [0.5, 0.6) is 0 Å². The summed E-state index contributed by atoms with van der Waals surface area (Å²) in [5.74, 6) is 1.44. The van der Waals surface area contributed by atoms with Gasteiger partial charge in [-0.05, 0) is 53.4 Å². The third-order valence-corrected chi connectivity index (χ3v) is 4.34. The van der Waals surface area contributed by atoms with Gasteiger partial charge in [-0.25, -0.2) is 4.42 Å². The molecule has 1 atom stereocenters. The van der Waals surface area contributed by atoms with Gasteiger partial charge in [-0.1, -0.05) is 0 Å². The van der Waals surface area contributed by atoms with Gasteiger partial charge in [0.05, 0.1) is 6.20 Å². The summed E-state index contributed by atoms with van der Waals surface area (Å²) < 4.78 is 2.07. The van der Waals surface area contributed by atoms with Gasteiger partial charge in [0.15, 0.2) is 0 Å². The molecule has 5 heteroatoms. The van der Waals surface area contributed by atoms with Crippen LogP contribution >= 0.6 is 27.7 Å². The van der Waals surface area contributed by atoms with Crippen molar-refractivity contribution in [1.29, 1.82) is 0 Å². The number of rotatable bonds is 3. The summed E-state index contributed by atoms with van der Waals surface area (Å²) in [6.07, 6.45) is 5.81. The molecule has 1 aliphatic heterocycles. The quantitative estimate of drug-likeness (QED) is 0.590. The van der Waals surface area contributed by atoms with Crippen molar-refractivity contribution in [3.63, 3.8) is 0 Å². The van der Waals surface area contributed by atoms with Crippen molar-refractivity contribution in [2.75, 3.05) is 0 Å². The third-order valence-electron chi connectivity index (χ3n) is 3.46. The molecule has 0 aromatic carbocycles. The first-order valence-electron chi connectivity index (χ1n) is 5.44. The Labute approximate surface area is 103 Å². The minimum atomic E-state index is -0.952. The largest absolute Gasteiger partial charge is 0.315 e. The van der Waals surface area contributed by atoms with E-state index < -0.39 is 6.35 Å². The van der Waals surface area contributed by atoms with E-state index in [2.05, 4.69) is 15.9 Å². The fourth-order valence-corrected chi connectivity index (χ4v) is 3.40. The molecule has 2 fully saturated rings. The minimum absolute atomic E-state index is 0.418. The molecule has 0 bridgehead atoms. The van der Waals surface area contributed by atoms with E-state index in [1.54, 1.807) is 6.20 Å². The van der Waals surface area contributed by atoms with E-state index >= 15 is 0 Å². The van der Waals surface area contributed by atoms with Crippen LogP contribution < -0.4 is 0 Å². The van der Waals surface area contributed by atoms with Crippen molar-refractivity contribution in [3.8, 4) is 0 Å². The summed E-state index contributed by atoms with van der Waals surface area (Å²) in [6.45, 7) is 0. The molecule has 2 saturated carbocycles. The normalized spacial score (nSPS) is 31.5. The molecule has 0 aromatic rings. The lowest BCUT2D eigenvalue weighted by Gasteiger charge is -2.32. The van der Waals surface area contributed by atoms with Crippen LogP contribution in [0.15, 0.2) is 10.8 Å². The van der Waals surface area contributed by atoms with Crippen molar-refractivity contribution in [2.24, 2.45) is 11.8 Å². The van der Waals surface area contributed by atoms with E-state index in [0.29, 0.717) is 6.04 Å². The van der Waals surface area contributed by atoms with Crippen molar-refractivity contribution in [2.45, 2.75) is 38.1 Å². The van der Waals surface area contributed by atoms with Gasteiger partial charge in [-0.15, -0.1) is 0 Å². The Balaban J connectivity index is 1.81. The molecule has 1 radical (unpaired) electrons. The Morgan fingerprint density at radius 1 is 1.33 bits per heavy atom. The maximum absolute atomic E-state index is 11.9. The summed E-state index contributed by atoms with van der Waals surface area (Å²) in [5.41, 5.74) is 0. The van der Waals surface area contributed by atoms with E-state index in [1.807, 2.05) is 4.90 Å². The maximum atomic E-state index is 11.9. The second kappa shape index (κ2) is 3.54. The molecule has 3 aliphatic rings. The first-order valence-corrected chi connectivity index (χ1v) is 6.57. The molecule has 0 amide bonds. The molecule has 3 nitrogen and oxygen atoms in total. The molecular formula is C10H13BrClN2O. The zero-order chi connectivity index (χ0) is 10.6. The van der Waals surface area contributed by atoms with Gasteiger partial charge in [0.25, 0.3) is 6.35 Å². The number of halogens is 2. The van der Waals surface area contributed by atoms with Crippen LogP contribution in [0.2, 0.25) is 0 Å². The molecule has 1 unspecified atom stereocenters. The number of hydrogen-bond acceptors (Lipinski definition) is 2. The zero-order valence-corrected chi connectivity index (χ0v) is 10.6. The SMILES string of the molecule is [O]C1N(Cl)C=C(Br)N1C(C1CC1)C1CC1. The minimum Gasteiger partial charge on any atom is -0.315 e. The fourth-order valence-electron chi connectivity index (χ4n) is 2.46. The van der Waals surface area contributed by atoms with Crippen LogP contribution in [-0.2, 0) is 5.11 Å². The molecule has 3 rings (SSSR count). The first kappa shape index (κ1) is 10.2. The van der Waals surface area contributed by atoms with E-state index in [-0.39, 0.29) is 0 Å². The van der Waals surface area contributed by atoms with Crippen molar-refractivity contribution >= 4 is 27.7 Å². The van der Waals surface area contributed by atoms with Gasteiger partial charge in [-0.2, -0.15) is 5.11 Å². The fraction of sp³-hybridized carbons (Fsp3) is 0.800. The predicted octanol–water partition coefficient (Wildman–Crippen LogP) is 2.85. The average molecular weight is 293 g/mol. The summed E-state index contributed by atoms with van der Waals surface area (Å²) in [5, 5.41) is 11.9. The Bertz CT molecular complexity index is 292. The molecule has 0 spiro atoms. The van der Waals surface area contributed by atoms with Crippen molar-refractivity contribution in [3.05, 3.63) is 10.8 Å². The van der Waals surface area contributed by atoms with Gasteiger partial charge in [0.2, 0.25) is 0 Å². The standard InChI is InChI=1S/C10H13BrClN2O/c11-8-5-13(12)10(15)14(8)9(6-1-2-6)7-3-4-7/h5-7,9-10H,1-4H2.